The Bertz CT molecular complexity index is 821. The van der Waals surface area contributed by atoms with Crippen LogP contribution in [0.1, 0.15) is 6.42 Å². The summed E-state index contributed by atoms with van der Waals surface area (Å²) in [6.45, 7) is 0.901. The Morgan fingerprint density at radius 2 is 2.39 bits per heavy atom. The van der Waals surface area contributed by atoms with Gasteiger partial charge < -0.3 is 0 Å². The van der Waals surface area contributed by atoms with Crippen molar-refractivity contribution in [2.24, 2.45) is 0 Å². The maximum Gasteiger partial charge on any atom is 0.364 e. The summed E-state index contributed by atoms with van der Waals surface area (Å²) in [5.74, 6) is 1.06. The van der Waals surface area contributed by atoms with E-state index in [1.807, 2.05) is 10.7 Å². The molecule has 18 heavy (non-hydrogen) atoms. The van der Waals surface area contributed by atoms with Gasteiger partial charge in [0.1, 0.15) is 6.54 Å². The summed E-state index contributed by atoms with van der Waals surface area (Å²) >= 11 is 1.72. The second kappa shape index (κ2) is 3.55. The average molecular weight is 260 g/mol. The van der Waals surface area contributed by atoms with Crippen LogP contribution in [0.25, 0.3) is 16.4 Å². The number of hydrogen-bond donors (Lipinski definition) is 1. The molecule has 0 amide bonds. The molecule has 6 nitrogen and oxygen atoms in total. The Balaban J connectivity index is 2.24. The number of aryl methyl sites for hydroxylation is 1. The van der Waals surface area contributed by atoms with E-state index in [4.69, 9.17) is 0 Å². The van der Waals surface area contributed by atoms with E-state index in [2.05, 4.69) is 15.2 Å². The lowest BCUT2D eigenvalue weighted by Gasteiger charge is -2.03. The summed E-state index contributed by atoms with van der Waals surface area (Å²) in [7, 11) is 0. The summed E-state index contributed by atoms with van der Waals surface area (Å²) in [6, 6.07) is 1.84. The van der Waals surface area contributed by atoms with Crippen molar-refractivity contribution in [2.45, 2.75) is 18.1 Å². The molecule has 7 heteroatoms. The van der Waals surface area contributed by atoms with Gasteiger partial charge in [-0.2, -0.15) is 5.10 Å². The molecular formula is C11H10N5OS+. The Morgan fingerprint density at radius 1 is 1.44 bits per heavy atom. The quantitative estimate of drug-likeness (QED) is 0.592. The molecule has 0 aliphatic carbocycles. The molecule has 3 aromatic heterocycles. The van der Waals surface area contributed by atoms with E-state index in [1.54, 1.807) is 28.7 Å². The Kier molecular flexibility index (Phi) is 1.99. The van der Waals surface area contributed by atoms with E-state index in [1.165, 1.54) is 0 Å². The minimum Gasteiger partial charge on any atom is -0.266 e. The van der Waals surface area contributed by atoms with Gasteiger partial charge in [-0.1, -0.05) is 4.52 Å². The summed E-state index contributed by atoms with van der Waals surface area (Å²) in [5.41, 5.74) is 0.661. The topological polar surface area (TPSA) is 66.9 Å². The first-order valence-electron chi connectivity index (χ1n) is 5.76. The molecule has 3 aromatic rings. The van der Waals surface area contributed by atoms with Gasteiger partial charge in [-0.05, 0) is 29.3 Å². The number of pyridine rings is 1. The minimum absolute atomic E-state index is 0.127. The van der Waals surface area contributed by atoms with Crippen LogP contribution in [0.2, 0.25) is 0 Å². The Labute approximate surface area is 106 Å². The van der Waals surface area contributed by atoms with Gasteiger partial charge in [-0.15, -0.1) is 4.68 Å². The van der Waals surface area contributed by atoms with Gasteiger partial charge in [0.05, 0.1) is 10.8 Å². The van der Waals surface area contributed by atoms with Crippen molar-refractivity contribution in [3.8, 4) is 0 Å². The Hall–Kier alpha value is -1.89. The highest BCUT2D eigenvalue weighted by Crippen LogP contribution is 2.21. The van der Waals surface area contributed by atoms with Gasteiger partial charge in [-0.3, -0.25) is 9.78 Å². The molecule has 1 aliphatic heterocycles. The van der Waals surface area contributed by atoms with Crippen LogP contribution in [0.3, 0.4) is 0 Å². The zero-order valence-electron chi connectivity index (χ0n) is 9.46. The molecule has 0 saturated carbocycles. The molecule has 0 saturated heterocycles. The standard InChI is InChI=1S/C11H9N5OS/c17-10-8-6-12-3-2-7(8)9-13-15-4-1-5-18-11(15)16(9)14-10/h2-3,6H,1,4-5H2/p+1. The van der Waals surface area contributed by atoms with Crippen LogP contribution >= 0.6 is 11.8 Å². The first-order valence-corrected chi connectivity index (χ1v) is 6.74. The lowest BCUT2D eigenvalue weighted by Crippen LogP contribution is -2.40. The molecule has 0 unspecified atom stereocenters. The van der Waals surface area contributed by atoms with Crippen LogP contribution in [0.4, 0.5) is 0 Å². The fraction of sp³-hybridized carbons (Fsp3) is 0.273. The van der Waals surface area contributed by atoms with Crippen molar-refractivity contribution in [2.75, 3.05) is 5.75 Å². The number of H-pyrrole nitrogens is 1. The van der Waals surface area contributed by atoms with Gasteiger partial charge in [0.2, 0.25) is 0 Å². The van der Waals surface area contributed by atoms with Gasteiger partial charge in [-0.25, -0.2) is 0 Å². The Morgan fingerprint density at radius 3 is 3.33 bits per heavy atom. The van der Waals surface area contributed by atoms with Crippen LogP contribution in [0.15, 0.2) is 28.4 Å². The molecule has 4 heterocycles. The van der Waals surface area contributed by atoms with Crippen molar-refractivity contribution >= 4 is 28.2 Å². The number of hydrogen-bond acceptors (Lipinski definition) is 4. The normalized spacial score (nSPS) is 15.1. The molecule has 1 aliphatic rings. The fourth-order valence-corrected chi connectivity index (χ4v) is 3.28. The molecule has 1 N–H and O–H groups in total. The zero-order valence-corrected chi connectivity index (χ0v) is 10.3. The van der Waals surface area contributed by atoms with Crippen LogP contribution < -0.4 is 10.2 Å². The molecule has 0 radical (unpaired) electrons. The molecule has 0 atom stereocenters. The SMILES string of the molecule is O=c1[nH]n2c3[n+](nc2c2ccncc12)CCCS3. The third-order valence-electron chi connectivity index (χ3n) is 3.10. The summed E-state index contributed by atoms with van der Waals surface area (Å²) < 4.78 is 3.74. The lowest BCUT2D eigenvalue weighted by molar-refractivity contribution is -0.786. The molecule has 0 bridgehead atoms. The van der Waals surface area contributed by atoms with Crippen LogP contribution in [-0.4, -0.2) is 25.4 Å². The predicted molar refractivity (Wildman–Crippen MR) is 66.6 cm³/mol. The first-order chi connectivity index (χ1) is 8.84. The largest absolute Gasteiger partial charge is 0.364 e. The van der Waals surface area contributed by atoms with Crippen molar-refractivity contribution in [1.29, 1.82) is 0 Å². The van der Waals surface area contributed by atoms with Gasteiger partial charge in [0.15, 0.2) is 0 Å². The predicted octanol–water partition coefficient (Wildman–Crippen LogP) is 0.354. The van der Waals surface area contributed by atoms with Crippen LogP contribution in [0.5, 0.6) is 0 Å². The van der Waals surface area contributed by atoms with Gasteiger partial charge >= 0.3 is 5.16 Å². The number of rotatable bonds is 0. The van der Waals surface area contributed by atoms with E-state index in [9.17, 15) is 4.79 Å². The van der Waals surface area contributed by atoms with Crippen molar-refractivity contribution in [3.05, 3.63) is 28.8 Å². The van der Waals surface area contributed by atoms with E-state index in [-0.39, 0.29) is 5.56 Å². The number of nitrogens with one attached hydrogen (secondary N) is 1. The second-order valence-electron chi connectivity index (χ2n) is 4.23. The number of fused-ring (bicyclic) bond motifs is 5. The number of thioether (sulfide) groups is 1. The van der Waals surface area contributed by atoms with E-state index >= 15 is 0 Å². The summed E-state index contributed by atoms with van der Waals surface area (Å²) in [6.07, 6.45) is 4.38. The highest BCUT2D eigenvalue weighted by Gasteiger charge is 2.27. The molecule has 90 valence electrons. The highest BCUT2D eigenvalue weighted by atomic mass is 32.2. The highest BCUT2D eigenvalue weighted by molar-refractivity contribution is 7.99. The molecule has 0 aromatic carbocycles. The maximum atomic E-state index is 12.0. The minimum atomic E-state index is -0.127. The monoisotopic (exact) mass is 260 g/mol. The third kappa shape index (κ3) is 1.25. The smallest absolute Gasteiger partial charge is 0.266 e. The van der Waals surface area contributed by atoms with E-state index in [0.717, 1.165) is 34.9 Å². The van der Waals surface area contributed by atoms with Crippen molar-refractivity contribution in [3.63, 3.8) is 0 Å². The molecule has 0 fully saturated rings. The number of aromatic amines is 1. The van der Waals surface area contributed by atoms with Crippen molar-refractivity contribution in [1.82, 2.24) is 19.7 Å². The lowest BCUT2D eigenvalue weighted by atomic mass is 10.2. The zero-order chi connectivity index (χ0) is 12.1. The van der Waals surface area contributed by atoms with Crippen LogP contribution in [0, 0.1) is 0 Å². The van der Waals surface area contributed by atoms with Gasteiger partial charge in [0.25, 0.3) is 11.2 Å². The summed E-state index contributed by atoms with van der Waals surface area (Å²) in [5, 5.41) is 9.86. The molecular weight excluding hydrogens is 250 g/mol. The summed E-state index contributed by atoms with van der Waals surface area (Å²) in [4.78, 5) is 16.0. The van der Waals surface area contributed by atoms with Gasteiger partial charge in [0, 0.05) is 18.1 Å². The maximum absolute atomic E-state index is 12.0. The number of nitrogens with zero attached hydrogens (tertiary/aromatic N) is 4. The average Bonchev–Trinajstić information content (AvgIpc) is 2.78. The molecule has 4 rings (SSSR count). The number of aromatic nitrogens is 5. The second-order valence-corrected chi connectivity index (χ2v) is 5.29. The fourth-order valence-electron chi connectivity index (χ4n) is 2.28. The van der Waals surface area contributed by atoms with Crippen molar-refractivity contribution < 1.29 is 4.68 Å². The van der Waals surface area contributed by atoms with E-state index < -0.39 is 0 Å². The molecule has 0 spiro atoms. The van der Waals surface area contributed by atoms with E-state index in [0.29, 0.717) is 5.39 Å². The van der Waals surface area contributed by atoms with Crippen LogP contribution in [-0.2, 0) is 6.54 Å². The first kappa shape index (κ1) is 10.1. The third-order valence-corrected chi connectivity index (χ3v) is 4.25.